The molecule has 1 N–H and O–H groups in total. The lowest BCUT2D eigenvalue weighted by molar-refractivity contribution is 0.387. The predicted molar refractivity (Wildman–Crippen MR) is 63.5 cm³/mol. The monoisotopic (exact) mass is 258 g/mol. The summed E-state index contributed by atoms with van der Waals surface area (Å²) in [5.41, 5.74) is 1.32. The second-order valence-electron chi connectivity index (χ2n) is 3.72. The molecular formula is C12H7FN4O2. The number of H-pyrrole nitrogens is 1. The zero-order valence-electron chi connectivity index (χ0n) is 9.50. The Kier molecular flexibility index (Phi) is 2.64. The molecule has 0 radical (unpaired) electrons. The van der Waals surface area contributed by atoms with Crippen LogP contribution in [0.25, 0.3) is 22.9 Å². The zero-order valence-corrected chi connectivity index (χ0v) is 9.50. The van der Waals surface area contributed by atoms with E-state index in [1.54, 1.807) is 18.2 Å². The molecule has 0 aliphatic rings. The van der Waals surface area contributed by atoms with Gasteiger partial charge < -0.3 is 0 Å². The molecule has 6 nitrogen and oxygen atoms in total. The fraction of sp³-hybridized carbons (Fsp3) is 0. The van der Waals surface area contributed by atoms with Crippen LogP contribution in [0.5, 0.6) is 0 Å². The van der Waals surface area contributed by atoms with Crippen LogP contribution in [0.1, 0.15) is 0 Å². The highest BCUT2D eigenvalue weighted by Crippen LogP contribution is 2.18. The first-order valence-electron chi connectivity index (χ1n) is 5.38. The highest BCUT2D eigenvalue weighted by molar-refractivity contribution is 5.60. The van der Waals surface area contributed by atoms with E-state index in [0.29, 0.717) is 5.69 Å². The molecule has 0 fully saturated rings. The number of aromatic amines is 1. The molecule has 0 bridgehead atoms. The summed E-state index contributed by atoms with van der Waals surface area (Å²) in [6, 6.07) is 7.57. The molecule has 0 saturated carbocycles. The Morgan fingerprint density at radius 3 is 2.63 bits per heavy atom. The lowest BCUT2D eigenvalue weighted by Crippen LogP contribution is -1.97. The average molecular weight is 258 g/mol. The van der Waals surface area contributed by atoms with Gasteiger partial charge in [-0.25, -0.2) is 19.2 Å². The van der Waals surface area contributed by atoms with Gasteiger partial charge >= 0.3 is 5.76 Å². The second kappa shape index (κ2) is 4.45. The number of aromatic nitrogens is 4. The van der Waals surface area contributed by atoms with Crippen molar-refractivity contribution in [1.82, 2.24) is 20.1 Å². The van der Waals surface area contributed by atoms with Gasteiger partial charge in [0.05, 0.1) is 5.69 Å². The molecule has 0 aliphatic carbocycles. The van der Waals surface area contributed by atoms with E-state index in [0.717, 1.165) is 5.56 Å². The maximum absolute atomic E-state index is 12.9. The SMILES string of the molecule is O=c1[nH]c(-c2nccc(-c3ccc(F)cc3)n2)no1. The van der Waals surface area contributed by atoms with E-state index in [1.807, 2.05) is 0 Å². The number of nitrogens with zero attached hydrogens (tertiary/aromatic N) is 3. The van der Waals surface area contributed by atoms with Gasteiger partial charge in [0.25, 0.3) is 0 Å². The van der Waals surface area contributed by atoms with Crippen LogP contribution in [0.4, 0.5) is 4.39 Å². The summed E-state index contributed by atoms with van der Waals surface area (Å²) in [6.45, 7) is 0. The van der Waals surface area contributed by atoms with Crippen molar-refractivity contribution in [2.45, 2.75) is 0 Å². The number of nitrogens with one attached hydrogen (secondary N) is 1. The number of rotatable bonds is 2. The number of hydrogen-bond acceptors (Lipinski definition) is 5. The Labute approximate surface area is 105 Å². The van der Waals surface area contributed by atoms with Crippen molar-refractivity contribution >= 4 is 0 Å². The third-order valence-corrected chi connectivity index (χ3v) is 2.45. The molecule has 0 atom stereocenters. The van der Waals surface area contributed by atoms with E-state index in [9.17, 15) is 9.18 Å². The van der Waals surface area contributed by atoms with E-state index in [-0.39, 0.29) is 17.5 Å². The Morgan fingerprint density at radius 1 is 1.16 bits per heavy atom. The second-order valence-corrected chi connectivity index (χ2v) is 3.72. The maximum Gasteiger partial charge on any atom is 0.439 e. The van der Waals surface area contributed by atoms with Crippen molar-refractivity contribution in [3.63, 3.8) is 0 Å². The van der Waals surface area contributed by atoms with Crippen molar-refractivity contribution in [3.05, 3.63) is 52.9 Å². The Hall–Kier alpha value is -2.83. The summed E-state index contributed by atoms with van der Waals surface area (Å²) in [6.07, 6.45) is 1.52. The molecule has 2 aromatic heterocycles. The molecule has 94 valence electrons. The van der Waals surface area contributed by atoms with Crippen LogP contribution in [0, 0.1) is 5.82 Å². The van der Waals surface area contributed by atoms with Crippen LogP contribution in [0.2, 0.25) is 0 Å². The Bertz CT molecular complexity index is 764. The molecule has 7 heteroatoms. The topological polar surface area (TPSA) is 84.7 Å². The molecule has 0 saturated heterocycles. The van der Waals surface area contributed by atoms with Crippen LogP contribution in [0.3, 0.4) is 0 Å². The summed E-state index contributed by atoms with van der Waals surface area (Å²) in [5, 5.41) is 3.51. The summed E-state index contributed by atoms with van der Waals surface area (Å²) in [7, 11) is 0. The lowest BCUT2D eigenvalue weighted by Gasteiger charge is -2.01. The minimum atomic E-state index is -0.675. The summed E-state index contributed by atoms with van der Waals surface area (Å²) in [5.74, 6) is -0.619. The first-order valence-corrected chi connectivity index (χ1v) is 5.38. The van der Waals surface area contributed by atoms with Gasteiger partial charge in [0, 0.05) is 11.8 Å². The van der Waals surface area contributed by atoms with Crippen molar-refractivity contribution in [3.8, 4) is 22.9 Å². The molecule has 0 spiro atoms. The third-order valence-electron chi connectivity index (χ3n) is 2.45. The van der Waals surface area contributed by atoms with E-state index >= 15 is 0 Å². The van der Waals surface area contributed by atoms with Crippen LogP contribution < -0.4 is 5.76 Å². The largest absolute Gasteiger partial charge is 0.439 e. The first-order chi connectivity index (χ1) is 9.22. The molecular weight excluding hydrogens is 251 g/mol. The van der Waals surface area contributed by atoms with Gasteiger partial charge in [0.2, 0.25) is 5.82 Å². The normalized spacial score (nSPS) is 10.6. The van der Waals surface area contributed by atoms with E-state index in [1.165, 1.54) is 18.3 Å². The van der Waals surface area contributed by atoms with Crippen LogP contribution in [-0.4, -0.2) is 20.1 Å². The van der Waals surface area contributed by atoms with E-state index in [4.69, 9.17) is 0 Å². The Morgan fingerprint density at radius 2 is 1.95 bits per heavy atom. The smallest absolute Gasteiger partial charge is 0.295 e. The molecule has 19 heavy (non-hydrogen) atoms. The molecule has 0 unspecified atom stereocenters. The average Bonchev–Trinajstić information content (AvgIpc) is 2.86. The molecule has 0 aliphatic heterocycles. The quantitative estimate of drug-likeness (QED) is 0.755. The molecule has 0 amide bonds. The number of hydrogen-bond donors (Lipinski definition) is 1. The van der Waals surface area contributed by atoms with Gasteiger partial charge in [0.1, 0.15) is 5.82 Å². The van der Waals surface area contributed by atoms with Gasteiger partial charge in [-0.1, -0.05) is 5.16 Å². The van der Waals surface area contributed by atoms with Gasteiger partial charge in [-0.2, -0.15) is 0 Å². The standard InChI is InChI=1S/C12H7FN4O2/c13-8-3-1-7(2-4-8)9-5-6-14-10(15-9)11-16-12(18)19-17-11/h1-6H,(H,16,17,18). The highest BCUT2D eigenvalue weighted by atomic mass is 19.1. The van der Waals surface area contributed by atoms with Crippen LogP contribution in [0.15, 0.2) is 45.8 Å². The Balaban J connectivity index is 2.04. The fourth-order valence-corrected chi connectivity index (χ4v) is 1.58. The third kappa shape index (κ3) is 2.25. The van der Waals surface area contributed by atoms with Gasteiger partial charge in [-0.3, -0.25) is 9.51 Å². The number of benzene rings is 1. The van der Waals surface area contributed by atoms with Crippen molar-refractivity contribution in [1.29, 1.82) is 0 Å². The number of halogens is 1. The lowest BCUT2D eigenvalue weighted by atomic mass is 10.1. The van der Waals surface area contributed by atoms with Crippen LogP contribution in [-0.2, 0) is 0 Å². The molecule has 2 heterocycles. The van der Waals surface area contributed by atoms with Crippen LogP contribution >= 0.6 is 0 Å². The highest BCUT2D eigenvalue weighted by Gasteiger charge is 2.09. The van der Waals surface area contributed by atoms with Crippen molar-refractivity contribution in [2.24, 2.45) is 0 Å². The summed E-state index contributed by atoms with van der Waals surface area (Å²) < 4.78 is 17.2. The maximum atomic E-state index is 12.9. The molecule has 3 aromatic rings. The summed E-state index contributed by atoms with van der Waals surface area (Å²) in [4.78, 5) is 21.5. The van der Waals surface area contributed by atoms with Gasteiger partial charge in [0.15, 0.2) is 5.82 Å². The van der Waals surface area contributed by atoms with E-state index in [2.05, 4.69) is 24.6 Å². The van der Waals surface area contributed by atoms with Crippen molar-refractivity contribution < 1.29 is 8.91 Å². The van der Waals surface area contributed by atoms with Crippen molar-refractivity contribution in [2.75, 3.05) is 0 Å². The minimum absolute atomic E-state index is 0.147. The van der Waals surface area contributed by atoms with Gasteiger partial charge in [-0.15, -0.1) is 0 Å². The fourth-order valence-electron chi connectivity index (χ4n) is 1.58. The first kappa shape index (κ1) is 11.3. The zero-order chi connectivity index (χ0) is 13.2. The predicted octanol–water partition coefficient (Wildman–Crippen LogP) is 1.63. The van der Waals surface area contributed by atoms with Gasteiger partial charge in [-0.05, 0) is 30.3 Å². The van der Waals surface area contributed by atoms with E-state index < -0.39 is 5.76 Å². The summed E-state index contributed by atoms with van der Waals surface area (Å²) >= 11 is 0. The molecule has 3 rings (SSSR count). The molecule has 1 aromatic carbocycles. The minimum Gasteiger partial charge on any atom is -0.295 e.